The van der Waals surface area contributed by atoms with Crippen LogP contribution < -0.4 is 10.2 Å². The zero-order valence-corrected chi connectivity index (χ0v) is 15.6. The highest BCUT2D eigenvalue weighted by Gasteiger charge is 2.37. The molecule has 1 fully saturated rings. The first-order valence-electron chi connectivity index (χ1n) is 8.88. The molecule has 0 aromatic heterocycles. The van der Waals surface area contributed by atoms with E-state index in [1.807, 2.05) is 0 Å². The van der Waals surface area contributed by atoms with Crippen molar-refractivity contribution in [2.75, 3.05) is 16.8 Å². The van der Waals surface area contributed by atoms with Gasteiger partial charge in [-0.15, -0.1) is 0 Å². The van der Waals surface area contributed by atoms with Crippen molar-refractivity contribution in [3.05, 3.63) is 58.7 Å². The number of nitrogens with one attached hydrogen (secondary N) is 1. The van der Waals surface area contributed by atoms with Gasteiger partial charge < -0.3 is 10.2 Å². The third kappa shape index (κ3) is 4.58. The minimum Gasteiger partial charge on any atom is -0.322 e. The predicted molar refractivity (Wildman–Crippen MR) is 97.2 cm³/mol. The molecule has 0 radical (unpaired) electrons. The number of anilines is 2. The van der Waals surface area contributed by atoms with Crippen LogP contribution >= 0.6 is 0 Å². The van der Waals surface area contributed by atoms with Crippen LogP contribution in [0, 0.1) is 6.92 Å². The molecule has 0 unspecified atom stereocenters. The molecule has 0 spiro atoms. The lowest BCUT2D eigenvalue weighted by Gasteiger charge is -2.20. The van der Waals surface area contributed by atoms with Crippen LogP contribution in [0.25, 0.3) is 0 Å². The number of aryl methyl sites for hydroxylation is 1. The molecule has 2 amide bonds. The molecule has 30 heavy (non-hydrogen) atoms. The van der Waals surface area contributed by atoms with Crippen molar-refractivity contribution in [2.45, 2.75) is 32.1 Å². The molecule has 0 bridgehead atoms. The minimum atomic E-state index is -5.05. The summed E-state index contributed by atoms with van der Waals surface area (Å²) in [4.78, 5) is 25.9. The van der Waals surface area contributed by atoms with Gasteiger partial charge in [0.2, 0.25) is 5.91 Å². The van der Waals surface area contributed by atoms with Crippen molar-refractivity contribution in [2.24, 2.45) is 0 Å². The van der Waals surface area contributed by atoms with Crippen LogP contribution in [0.4, 0.5) is 37.7 Å². The summed E-state index contributed by atoms with van der Waals surface area (Å²) in [5, 5.41) is 2.31. The van der Waals surface area contributed by atoms with Gasteiger partial charge in [0, 0.05) is 29.9 Å². The molecule has 2 aromatic rings. The Morgan fingerprint density at radius 1 is 0.967 bits per heavy atom. The number of amides is 2. The molecule has 1 saturated heterocycles. The average Bonchev–Trinajstić information content (AvgIpc) is 3.07. The third-order valence-corrected chi connectivity index (χ3v) is 4.68. The molecule has 160 valence electrons. The monoisotopic (exact) mass is 430 g/mol. The molecule has 0 atom stereocenters. The Bertz CT molecular complexity index is 966. The summed E-state index contributed by atoms with van der Waals surface area (Å²) in [7, 11) is 0. The topological polar surface area (TPSA) is 49.4 Å². The van der Waals surface area contributed by atoms with Gasteiger partial charge in [0.15, 0.2) is 0 Å². The van der Waals surface area contributed by atoms with Gasteiger partial charge in [-0.1, -0.05) is 6.07 Å². The van der Waals surface area contributed by atoms with E-state index in [-0.39, 0.29) is 17.7 Å². The van der Waals surface area contributed by atoms with E-state index in [2.05, 4.69) is 5.32 Å². The number of alkyl halides is 6. The summed E-state index contributed by atoms with van der Waals surface area (Å²) in [5.74, 6) is -1.23. The summed E-state index contributed by atoms with van der Waals surface area (Å²) in [6.45, 7) is 2.23. The molecule has 2 aromatic carbocycles. The lowest BCUT2D eigenvalue weighted by Crippen LogP contribution is -2.24. The summed E-state index contributed by atoms with van der Waals surface area (Å²) in [6, 6.07) is 5.21. The van der Waals surface area contributed by atoms with Gasteiger partial charge in [0.1, 0.15) is 0 Å². The van der Waals surface area contributed by atoms with E-state index in [9.17, 15) is 35.9 Å². The van der Waals surface area contributed by atoms with E-state index in [1.54, 1.807) is 13.0 Å². The highest BCUT2D eigenvalue weighted by molar-refractivity contribution is 6.05. The van der Waals surface area contributed by atoms with Crippen molar-refractivity contribution < 1.29 is 35.9 Å². The molecular formula is C20H16F6N2O2. The predicted octanol–water partition coefficient (Wildman–Crippen LogP) is 5.41. The first-order valence-corrected chi connectivity index (χ1v) is 8.88. The second kappa shape index (κ2) is 7.66. The zero-order valence-electron chi connectivity index (χ0n) is 15.6. The van der Waals surface area contributed by atoms with Crippen molar-refractivity contribution in [1.29, 1.82) is 0 Å². The first-order chi connectivity index (χ1) is 13.9. The van der Waals surface area contributed by atoms with Crippen LogP contribution in [-0.2, 0) is 17.1 Å². The highest BCUT2D eigenvalue weighted by Crippen LogP contribution is 2.36. The molecule has 0 saturated carbocycles. The Balaban J connectivity index is 1.93. The van der Waals surface area contributed by atoms with Gasteiger partial charge in [0.05, 0.1) is 11.1 Å². The van der Waals surface area contributed by atoms with Crippen LogP contribution in [0.1, 0.15) is 39.9 Å². The lowest BCUT2D eigenvalue weighted by molar-refractivity contribution is -0.143. The standard InChI is InChI=1S/C20H16F6N2O2/c1-11-4-5-15(10-16(11)28-6-2-3-17(28)29)27-18(30)12-7-13(19(21,22)23)9-14(8-12)20(24,25)26/h4-5,7-10H,2-3,6H2,1H3,(H,27,30). The molecule has 1 aliphatic rings. The van der Waals surface area contributed by atoms with Crippen molar-refractivity contribution >= 4 is 23.2 Å². The Labute approximate surface area is 167 Å². The molecule has 1 N–H and O–H groups in total. The number of nitrogens with zero attached hydrogens (tertiary/aromatic N) is 1. The Hall–Kier alpha value is -3.04. The Morgan fingerprint density at radius 2 is 1.57 bits per heavy atom. The van der Waals surface area contributed by atoms with Gasteiger partial charge in [0.25, 0.3) is 5.91 Å². The van der Waals surface area contributed by atoms with Crippen LogP contribution in [0.5, 0.6) is 0 Å². The molecule has 0 aliphatic carbocycles. The van der Waals surface area contributed by atoms with Crippen LogP contribution in [-0.4, -0.2) is 18.4 Å². The van der Waals surface area contributed by atoms with Crippen molar-refractivity contribution in [1.82, 2.24) is 0 Å². The molecular weight excluding hydrogens is 414 g/mol. The van der Waals surface area contributed by atoms with Gasteiger partial charge >= 0.3 is 12.4 Å². The molecule has 1 heterocycles. The van der Waals surface area contributed by atoms with E-state index < -0.39 is 35.0 Å². The van der Waals surface area contributed by atoms with E-state index in [0.717, 1.165) is 5.56 Å². The lowest BCUT2D eigenvalue weighted by atomic mass is 10.0. The number of halogens is 6. The molecule has 3 rings (SSSR count). The van der Waals surface area contributed by atoms with Crippen LogP contribution in [0.15, 0.2) is 36.4 Å². The quantitative estimate of drug-likeness (QED) is 0.662. The third-order valence-electron chi connectivity index (χ3n) is 4.68. The van der Waals surface area contributed by atoms with E-state index in [1.165, 1.54) is 17.0 Å². The summed E-state index contributed by atoms with van der Waals surface area (Å²) in [6.07, 6.45) is -9.06. The maximum atomic E-state index is 13.0. The zero-order chi connectivity index (χ0) is 22.3. The van der Waals surface area contributed by atoms with Gasteiger partial charge in [-0.05, 0) is 49.2 Å². The number of rotatable bonds is 3. The second-order valence-electron chi connectivity index (χ2n) is 6.90. The summed E-state index contributed by atoms with van der Waals surface area (Å²) < 4.78 is 78.0. The largest absolute Gasteiger partial charge is 0.416 e. The van der Waals surface area contributed by atoms with Crippen LogP contribution in [0.2, 0.25) is 0 Å². The number of hydrogen-bond donors (Lipinski definition) is 1. The number of carbonyl (C=O) groups excluding carboxylic acids is 2. The van der Waals surface area contributed by atoms with E-state index in [0.29, 0.717) is 37.2 Å². The normalized spacial score (nSPS) is 14.9. The van der Waals surface area contributed by atoms with Gasteiger partial charge in [-0.25, -0.2) is 0 Å². The summed E-state index contributed by atoms with van der Waals surface area (Å²) in [5.41, 5.74) is -2.52. The van der Waals surface area contributed by atoms with Crippen molar-refractivity contribution in [3.63, 3.8) is 0 Å². The summed E-state index contributed by atoms with van der Waals surface area (Å²) >= 11 is 0. The van der Waals surface area contributed by atoms with Gasteiger partial charge in [-0.3, -0.25) is 9.59 Å². The molecule has 10 heteroatoms. The van der Waals surface area contributed by atoms with E-state index >= 15 is 0 Å². The Kier molecular flexibility index (Phi) is 5.53. The maximum absolute atomic E-state index is 13.0. The smallest absolute Gasteiger partial charge is 0.322 e. The first kappa shape index (κ1) is 21.7. The molecule has 1 aliphatic heterocycles. The SMILES string of the molecule is Cc1ccc(NC(=O)c2cc(C(F)(F)F)cc(C(F)(F)F)c2)cc1N1CCCC1=O. The Morgan fingerprint density at radius 3 is 2.07 bits per heavy atom. The van der Waals surface area contributed by atoms with Crippen LogP contribution in [0.3, 0.4) is 0 Å². The minimum absolute atomic E-state index is 0.0419. The maximum Gasteiger partial charge on any atom is 0.416 e. The number of carbonyl (C=O) groups is 2. The van der Waals surface area contributed by atoms with Gasteiger partial charge in [-0.2, -0.15) is 26.3 Å². The fourth-order valence-electron chi connectivity index (χ4n) is 3.17. The van der Waals surface area contributed by atoms with Crippen molar-refractivity contribution in [3.8, 4) is 0 Å². The fourth-order valence-corrected chi connectivity index (χ4v) is 3.17. The average molecular weight is 430 g/mol. The second-order valence-corrected chi connectivity index (χ2v) is 6.90. The number of benzene rings is 2. The van der Waals surface area contributed by atoms with E-state index in [4.69, 9.17) is 0 Å². The highest BCUT2D eigenvalue weighted by atomic mass is 19.4. The fraction of sp³-hybridized carbons (Fsp3) is 0.300. The molecule has 4 nitrogen and oxygen atoms in total. The number of hydrogen-bond acceptors (Lipinski definition) is 2.